The van der Waals surface area contributed by atoms with Gasteiger partial charge in [-0.1, -0.05) is 57.4 Å². The fourth-order valence-corrected chi connectivity index (χ4v) is 2.67. The topological polar surface area (TPSA) is 59.3 Å². The van der Waals surface area contributed by atoms with Crippen molar-refractivity contribution in [3.63, 3.8) is 0 Å². The van der Waals surface area contributed by atoms with Gasteiger partial charge in [-0.15, -0.1) is 0 Å². The fourth-order valence-electron chi connectivity index (χ4n) is 2.67. The quantitative estimate of drug-likeness (QED) is 0.282. The third kappa shape index (κ3) is 5.85. The van der Waals surface area contributed by atoms with Crippen LogP contribution in [0.25, 0.3) is 11.1 Å². The molecule has 2 aromatic rings. The second-order valence-electron chi connectivity index (χ2n) is 7.14. The van der Waals surface area contributed by atoms with E-state index in [0.717, 1.165) is 29.9 Å². The molecule has 1 atom stereocenters. The molecule has 0 aliphatic carbocycles. The van der Waals surface area contributed by atoms with Crippen molar-refractivity contribution in [1.29, 1.82) is 5.26 Å². The van der Waals surface area contributed by atoms with Gasteiger partial charge in [-0.25, -0.2) is 4.79 Å². The third-order valence-corrected chi connectivity index (χ3v) is 4.92. The average Bonchev–Trinajstić information content (AvgIpc) is 2.74. The standard InChI is InChI=1S/C24H29NO3/c1-4-6-7-8-17-27-21-13-9-19(10-14-21)20-11-15-22(16-12-20)28-23(26)24(3,5-2)18-25/h9-16H,4-8,17H2,1-3H3. The summed E-state index contributed by atoms with van der Waals surface area (Å²) in [5, 5.41) is 9.18. The van der Waals surface area contributed by atoms with Crippen LogP contribution >= 0.6 is 0 Å². The van der Waals surface area contributed by atoms with Gasteiger partial charge in [0.1, 0.15) is 11.5 Å². The second-order valence-corrected chi connectivity index (χ2v) is 7.14. The number of esters is 1. The van der Waals surface area contributed by atoms with E-state index in [9.17, 15) is 10.1 Å². The highest BCUT2D eigenvalue weighted by Gasteiger charge is 2.33. The Kier molecular flexibility index (Phi) is 8.07. The normalized spacial score (nSPS) is 12.6. The Balaban J connectivity index is 1.94. The summed E-state index contributed by atoms with van der Waals surface area (Å²) in [5.41, 5.74) is 0.963. The number of unbranched alkanes of at least 4 members (excludes halogenated alkanes) is 3. The summed E-state index contributed by atoms with van der Waals surface area (Å²) in [5.74, 6) is 0.794. The number of nitriles is 1. The number of benzene rings is 2. The van der Waals surface area contributed by atoms with Gasteiger partial charge < -0.3 is 9.47 Å². The number of hydrogen-bond donors (Lipinski definition) is 0. The maximum Gasteiger partial charge on any atom is 0.331 e. The van der Waals surface area contributed by atoms with Crippen molar-refractivity contribution in [2.24, 2.45) is 5.41 Å². The number of nitrogens with zero attached hydrogens (tertiary/aromatic N) is 1. The Morgan fingerprint density at radius 3 is 2.00 bits per heavy atom. The molecule has 0 amide bonds. The van der Waals surface area contributed by atoms with Gasteiger partial charge in [0.15, 0.2) is 5.41 Å². The molecule has 0 bridgehead atoms. The van der Waals surface area contributed by atoms with Gasteiger partial charge in [0.2, 0.25) is 0 Å². The second kappa shape index (κ2) is 10.5. The summed E-state index contributed by atoms with van der Waals surface area (Å²) in [6, 6.07) is 17.3. The highest BCUT2D eigenvalue weighted by atomic mass is 16.5. The van der Waals surface area contributed by atoms with Crippen LogP contribution in [0.4, 0.5) is 0 Å². The van der Waals surface area contributed by atoms with Gasteiger partial charge in [-0.2, -0.15) is 5.26 Å². The van der Waals surface area contributed by atoms with Gasteiger partial charge in [0, 0.05) is 0 Å². The first kappa shape index (κ1) is 21.5. The molecule has 0 aliphatic rings. The van der Waals surface area contributed by atoms with Crippen molar-refractivity contribution in [2.45, 2.75) is 52.9 Å². The predicted octanol–water partition coefficient (Wildman–Crippen LogP) is 6.16. The molecular weight excluding hydrogens is 350 g/mol. The number of rotatable bonds is 10. The van der Waals surface area contributed by atoms with Crippen LogP contribution in [0.5, 0.6) is 11.5 Å². The van der Waals surface area contributed by atoms with Crippen molar-refractivity contribution in [1.82, 2.24) is 0 Å². The molecule has 0 aliphatic heterocycles. The zero-order valence-electron chi connectivity index (χ0n) is 17.0. The zero-order chi connectivity index (χ0) is 20.4. The molecule has 148 valence electrons. The van der Waals surface area contributed by atoms with Gasteiger partial charge in [0.05, 0.1) is 12.7 Å². The van der Waals surface area contributed by atoms with Gasteiger partial charge in [-0.05, 0) is 55.2 Å². The predicted molar refractivity (Wildman–Crippen MR) is 111 cm³/mol. The highest BCUT2D eigenvalue weighted by molar-refractivity contribution is 5.81. The van der Waals surface area contributed by atoms with Gasteiger partial charge in [-0.3, -0.25) is 0 Å². The lowest BCUT2D eigenvalue weighted by Gasteiger charge is -2.17. The Morgan fingerprint density at radius 1 is 0.929 bits per heavy atom. The van der Waals surface area contributed by atoms with Crippen LogP contribution < -0.4 is 9.47 Å². The lowest BCUT2D eigenvalue weighted by molar-refractivity contribution is -0.141. The maximum atomic E-state index is 12.2. The summed E-state index contributed by atoms with van der Waals surface area (Å²) < 4.78 is 11.1. The van der Waals surface area contributed by atoms with E-state index in [-0.39, 0.29) is 0 Å². The number of carbonyl (C=O) groups excluding carboxylic acids is 1. The van der Waals surface area contributed by atoms with E-state index >= 15 is 0 Å². The van der Waals surface area contributed by atoms with E-state index in [1.165, 1.54) is 19.3 Å². The molecule has 0 heterocycles. The molecule has 0 saturated carbocycles. The molecule has 2 aromatic carbocycles. The molecule has 4 heteroatoms. The Labute approximate surface area is 168 Å². The van der Waals surface area contributed by atoms with E-state index in [0.29, 0.717) is 12.2 Å². The molecule has 28 heavy (non-hydrogen) atoms. The van der Waals surface area contributed by atoms with Crippen LogP contribution in [0.3, 0.4) is 0 Å². The fraction of sp³-hybridized carbons (Fsp3) is 0.417. The molecule has 1 unspecified atom stereocenters. The first-order valence-electron chi connectivity index (χ1n) is 9.99. The number of carbonyl (C=O) groups is 1. The van der Waals surface area contributed by atoms with Crippen LogP contribution in [0.2, 0.25) is 0 Å². The van der Waals surface area contributed by atoms with E-state index in [1.807, 2.05) is 42.5 Å². The molecule has 0 fully saturated rings. The first-order valence-corrected chi connectivity index (χ1v) is 9.99. The van der Waals surface area contributed by atoms with Crippen LogP contribution in [-0.2, 0) is 4.79 Å². The monoisotopic (exact) mass is 379 g/mol. The van der Waals surface area contributed by atoms with Crippen molar-refractivity contribution >= 4 is 5.97 Å². The SMILES string of the molecule is CCCCCCOc1ccc(-c2ccc(OC(=O)C(C)(C#N)CC)cc2)cc1. The summed E-state index contributed by atoms with van der Waals surface area (Å²) in [6.07, 6.45) is 5.17. The van der Waals surface area contributed by atoms with Crippen molar-refractivity contribution < 1.29 is 14.3 Å². The average molecular weight is 380 g/mol. The number of ether oxygens (including phenoxy) is 2. The third-order valence-electron chi connectivity index (χ3n) is 4.92. The van der Waals surface area contributed by atoms with E-state index in [2.05, 4.69) is 6.92 Å². The van der Waals surface area contributed by atoms with Gasteiger partial charge in [0.25, 0.3) is 0 Å². The van der Waals surface area contributed by atoms with E-state index < -0.39 is 11.4 Å². The highest BCUT2D eigenvalue weighted by Crippen LogP contribution is 2.27. The molecule has 0 saturated heterocycles. The first-order chi connectivity index (χ1) is 13.5. The Bertz CT molecular complexity index is 790. The molecule has 0 radical (unpaired) electrons. The summed E-state index contributed by atoms with van der Waals surface area (Å²) in [6.45, 7) is 6.34. The minimum atomic E-state index is -1.12. The van der Waals surface area contributed by atoms with Crippen LogP contribution in [0.1, 0.15) is 52.9 Å². The zero-order valence-corrected chi connectivity index (χ0v) is 17.0. The minimum absolute atomic E-state index is 0.410. The molecule has 4 nitrogen and oxygen atoms in total. The molecule has 0 N–H and O–H groups in total. The van der Waals surface area contributed by atoms with E-state index in [1.54, 1.807) is 26.0 Å². The molecule has 2 rings (SSSR count). The molecular formula is C24H29NO3. The Hall–Kier alpha value is -2.80. The van der Waals surface area contributed by atoms with Crippen LogP contribution in [0.15, 0.2) is 48.5 Å². The summed E-state index contributed by atoms with van der Waals surface area (Å²) in [7, 11) is 0. The maximum absolute atomic E-state index is 12.2. The smallest absolute Gasteiger partial charge is 0.331 e. The van der Waals surface area contributed by atoms with E-state index in [4.69, 9.17) is 9.47 Å². The van der Waals surface area contributed by atoms with Gasteiger partial charge >= 0.3 is 5.97 Å². The van der Waals surface area contributed by atoms with Crippen molar-refractivity contribution in [2.75, 3.05) is 6.61 Å². The van der Waals surface area contributed by atoms with Crippen molar-refractivity contribution in [3.8, 4) is 28.7 Å². The lowest BCUT2D eigenvalue weighted by atomic mass is 9.90. The lowest BCUT2D eigenvalue weighted by Crippen LogP contribution is -2.29. The Morgan fingerprint density at radius 2 is 1.50 bits per heavy atom. The molecule has 0 aromatic heterocycles. The van der Waals surface area contributed by atoms with Crippen LogP contribution in [0, 0.1) is 16.7 Å². The largest absolute Gasteiger partial charge is 0.494 e. The minimum Gasteiger partial charge on any atom is -0.494 e. The molecule has 0 spiro atoms. The summed E-state index contributed by atoms with van der Waals surface area (Å²) in [4.78, 5) is 12.2. The number of hydrogen-bond acceptors (Lipinski definition) is 4. The summed E-state index contributed by atoms with van der Waals surface area (Å²) >= 11 is 0. The van der Waals surface area contributed by atoms with Crippen LogP contribution in [-0.4, -0.2) is 12.6 Å². The van der Waals surface area contributed by atoms with Crippen molar-refractivity contribution in [3.05, 3.63) is 48.5 Å².